The lowest BCUT2D eigenvalue weighted by atomic mass is 9.72. The van der Waals surface area contributed by atoms with Crippen LogP contribution in [0.15, 0.2) is 12.1 Å². The second-order valence-corrected chi connectivity index (χ2v) is 6.54. The van der Waals surface area contributed by atoms with Gasteiger partial charge in [0.1, 0.15) is 0 Å². The number of hydrogen-bond acceptors (Lipinski definition) is 2. The first-order valence-electron chi connectivity index (χ1n) is 6.60. The van der Waals surface area contributed by atoms with Gasteiger partial charge in [-0.25, -0.2) is 0 Å². The summed E-state index contributed by atoms with van der Waals surface area (Å²) in [7, 11) is 0. The summed E-state index contributed by atoms with van der Waals surface area (Å²) in [6.45, 7) is 12.7. The van der Waals surface area contributed by atoms with Crippen molar-refractivity contribution in [2.45, 2.75) is 53.6 Å². The van der Waals surface area contributed by atoms with Crippen molar-refractivity contribution in [3.8, 4) is 0 Å². The van der Waals surface area contributed by atoms with Crippen LogP contribution >= 0.6 is 0 Å². The zero-order valence-electron chi connectivity index (χ0n) is 12.6. The van der Waals surface area contributed by atoms with E-state index in [-0.39, 0.29) is 12.0 Å². The Kier molecular flexibility index (Phi) is 4.24. The Labute approximate surface area is 111 Å². The minimum Gasteiger partial charge on any atom is -0.388 e. The molecule has 0 heterocycles. The SMILES string of the molecule is Cc1cc(C)c(CC(O)(CN)C(C)(C)C)c(C)c1. The number of rotatable bonds is 3. The molecule has 3 N–H and O–H groups in total. The zero-order valence-corrected chi connectivity index (χ0v) is 12.6. The zero-order chi connectivity index (χ0) is 14.1. The highest BCUT2D eigenvalue weighted by molar-refractivity contribution is 5.38. The third-order valence-corrected chi connectivity index (χ3v) is 4.04. The molecular weight excluding hydrogens is 222 g/mol. The van der Waals surface area contributed by atoms with Gasteiger partial charge in [0.05, 0.1) is 5.60 Å². The molecule has 1 rings (SSSR count). The van der Waals surface area contributed by atoms with Gasteiger partial charge >= 0.3 is 0 Å². The van der Waals surface area contributed by atoms with E-state index in [2.05, 4.69) is 32.9 Å². The Morgan fingerprint density at radius 2 is 1.50 bits per heavy atom. The first-order valence-corrected chi connectivity index (χ1v) is 6.60. The quantitative estimate of drug-likeness (QED) is 0.865. The van der Waals surface area contributed by atoms with Crippen LogP contribution in [0, 0.1) is 26.2 Å². The van der Waals surface area contributed by atoms with Crippen LogP contribution in [0.1, 0.15) is 43.0 Å². The molecule has 0 spiro atoms. The summed E-state index contributed by atoms with van der Waals surface area (Å²) in [5.41, 5.74) is 9.70. The lowest BCUT2D eigenvalue weighted by Gasteiger charge is -2.40. The van der Waals surface area contributed by atoms with E-state index in [0.717, 1.165) is 0 Å². The fraction of sp³-hybridized carbons (Fsp3) is 0.625. The van der Waals surface area contributed by atoms with E-state index in [9.17, 15) is 5.11 Å². The number of aliphatic hydroxyl groups is 1. The molecule has 0 bridgehead atoms. The molecule has 2 nitrogen and oxygen atoms in total. The summed E-state index contributed by atoms with van der Waals surface area (Å²) in [6, 6.07) is 4.34. The summed E-state index contributed by atoms with van der Waals surface area (Å²) in [6.07, 6.45) is 0.616. The Hall–Kier alpha value is -0.860. The number of aryl methyl sites for hydroxylation is 3. The van der Waals surface area contributed by atoms with Gasteiger partial charge in [0.15, 0.2) is 0 Å². The van der Waals surface area contributed by atoms with Crippen LogP contribution in [0.3, 0.4) is 0 Å². The van der Waals surface area contributed by atoms with E-state index in [1.807, 2.05) is 20.8 Å². The molecule has 0 radical (unpaired) electrons. The van der Waals surface area contributed by atoms with Crippen LogP contribution in [0.25, 0.3) is 0 Å². The highest BCUT2D eigenvalue weighted by Gasteiger charge is 2.39. The summed E-state index contributed by atoms with van der Waals surface area (Å²) in [5.74, 6) is 0. The van der Waals surface area contributed by atoms with Gasteiger partial charge in [0.2, 0.25) is 0 Å². The van der Waals surface area contributed by atoms with Gasteiger partial charge in [-0.05, 0) is 42.9 Å². The largest absolute Gasteiger partial charge is 0.388 e. The second-order valence-electron chi connectivity index (χ2n) is 6.54. The van der Waals surface area contributed by atoms with Gasteiger partial charge in [0.25, 0.3) is 0 Å². The maximum Gasteiger partial charge on any atom is 0.0857 e. The standard InChI is InChI=1S/C16H27NO/c1-11-7-12(2)14(13(3)8-11)9-16(18,10-17)15(4,5)6/h7-8,18H,9-10,17H2,1-6H3. The Morgan fingerprint density at radius 3 is 1.83 bits per heavy atom. The van der Waals surface area contributed by atoms with Gasteiger partial charge in [-0.1, -0.05) is 38.5 Å². The van der Waals surface area contributed by atoms with Crippen molar-refractivity contribution in [2.75, 3.05) is 6.54 Å². The lowest BCUT2D eigenvalue weighted by molar-refractivity contribution is -0.0492. The molecule has 1 unspecified atom stereocenters. The molecule has 1 aromatic rings. The fourth-order valence-corrected chi connectivity index (χ4v) is 2.42. The predicted molar refractivity (Wildman–Crippen MR) is 77.8 cm³/mol. The summed E-state index contributed by atoms with van der Waals surface area (Å²) < 4.78 is 0. The molecule has 102 valence electrons. The average molecular weight is 249 g/mol. The van der Waals surface area contributed by atoms with Crippen molar-refractivity contribution >= 4 is 0 Å². The highest BCUT2D eigenvalue weighted by atomic mass is 16.3. The van der Waals surface area contributed by atoms with Crippen molar-refractivity contribution < 1.29 is 5.11 Å². The first kappa shape index (κ1) is 15.2. The third kappa shape index (κ3) is 2.93. The van der Waals surface area contributed by atoms with Gasteiger partial charge < -0.3 is 10.8 Å². The second kappa shape index (κ2) is 5.02. The molecule has 2 heteroatoms. The van der Waals surface area contributed by atoms with Crippen LogP contribution in [0.2, 0.25) is 0 Å². The van der Waals surface area contributed by atoms with E-state index in [4.69, 9.17) is 5.73 Å². The molecule has 0 aromatic heterocycles. The lowest BCUT2D eigenvalue weighted by Crippen LogP contribution is -2.51. The molecule has 18 heavy (non-hydrogen) atoms. The van der Waals surface area contributed by atoms with Crippen molar-refractivity contribution in [1.29, 1.82) is 0 Å². The third-order valence-electron chi connectivity index (χ3n) is 4.04. The molecule has 1 atom stereocenters. The van der Waals surface area contributed by atoms with Crippen LogP contribution in [-0.2, 0) is 6.42 Å². The molecule has 0 amide bonds. The van der Waals surface area contributed by atoms with Crippen molar-refractivity contribution in [3.63, 3.8) is 0 Å². The monoisotopic (exact) mass is 249 g/mol. The molecule has 0 fully saturated rings. The predicted octanol–water partition coefficient (Wildman–Crippen LogP) is 2.89. The molecule has 1 aromatic carbocycles. The Balaban J connectivity index is 3.18. The minimum atomic E-state index is -0.863. The van der Waals surface area contributed by atoms with Crippen molar-refractivity contribution in [3.05, 3.63) is 34.4 Å². The molecular formula is C16H27NO. The highest BCUT2D eigenvalue weighted by Crippen LogP contribution is 2.34. The van der Waals surface area contributed by atoms with Gasteiger partial charge in [0, 0.05) is 13.0 Å². The van der Waals surface area contributed by atoms with Gasteiger partial charge in [-0.15, -0.1) is 0 Å². The minimum absolute atomic E-state index is 0.231. The fourth-order valence-electron chi connectivity index (χ4n) is 2.42. The Morgan fingerprint density at radius 1 is 1.06 bits per heavy atom. The molecule has 0 saturated heterocycles. The number of hydrogen-bond donors (Lipinski definition) is 2. The summed E-state index contributed by atoms with van der Waals surface area (Å²) >= 11 is 0. The first-order chi connectivity index (χ1) is 8.10. The van der Waals surface area contributed by atoms with Crippen molar-refractivity contribution in [1.82, 2.24) is 0 Å². The van der Waals surface area contributed by atoms with Crippen LogP contribution < -0.4 is 5.73 Å². The van der Waals surface area contributed by atoms with Crippen molar-refractivity contribution in [2.24, 2.45) is 11.1 Å². The van der Waals surface area contributed by atoms with E-state index in [0.29, 0.717) is 6.42 Å². The van der Waals surface area contributed by atoms with E-state index in [1.165, 1.54) is 22.3 Å². The maximum atomic E-state index is 10.8. The summed E-state index contributed by atoms with van der Waals surface area (Å²) in [4.78, 5) is 0. The summed E-state index contributed by atoms with van der Waals surface area (Å²) in [5, 5.41) is 10.8. The van der Waals surface area contributed by atoms with E-state index in [1.54, 1.807) is 0 Å². The van der Waals surface area contributed by atoms with E-state index < -0.39 is 5.60 Å². The van der Waals surface area contributed by atoms with Crippen LogP contribution in [0.5, 0.6) is 0 Å². The smallest absolute Gasteiger partial charge is 0.0857 e. The van der Waals surface area contributed by atoms with E-state index >= 15 is 0 Å². The number of benzene rings is 1. The molecule has 0 aliphatic carbocycles. The maximum absolute atomic E-state index is 10.8. The molecule has 0 aliphatic rings. The Bertz CT molecular complexity index is 408. The topological polar surface area (TPSA) is 46.2 Å². The molecule has 0 saturated carbocycles. The molecule has 0 aliphatic heterocycles. The van der Waals surface area contributed by atoms with Crippen LogP contribution in [0.4, 0.5) is 0 Å². The van der Waals surface area contributed by atoms with Gasteiger partial charge in [-0.3, -0.25) is 0 Å². The average Bonchev–Trinajstić information content (AvgIpc) is 2.21. The van der Waals surface area contributed by atoms with Crippen LogP contribution in [-0.4, -0.2) is 17.3 Å². The van der Waals surface area contributed by atoms with Gasteiger partial charge in [-0.2, -0.15) is 0 Å². The normalized spacial score (nSPS) is 15.6. The number of nitrogens with two attached hydrogens (primary N) is 1.